The molecule has 1 saturated heterocycles. The van der Waals surface area contributed by atoms with Crippen LogP contribution in [0.3, 0.4) is 0 Å². The number of aliphatic hydroxyl groups is 2. The van der Waals surface area contributed by atoms with Gasteiger partial charge in [0.25, 0.3) is 0 Å². The summed E-state index contributed by atoms with van der Waals surface area (Å²) in [7, 11) is 6.92. The molecule has 2 N–H and O–H groups in total. The van der Waals surface area contributed by atoms with E-state index in [4.69, 9.17) is 23.7 Å². The van der Waals surface area contributed by atoms with Gasteiger partial charge in [0.05, 0.1) is 37.1 Å². The number of likely N-dealkylation sites (tertiary alicyclic amines) is 1. The Labute approximate surface area is 277 Å². The van der Waals surface area contributed by atoms with Gasteiger partial charge in [-0.05, 0) is 38.1 Å². The average molecular weight is 650 g/mol. The van der Waals surface area contributed by atoms with Crippen LogP contribution in [-0.2, 0) is 28.5 Å². The molecule has 5 saturated carbocycles. The van der Waals surface area contributed by atoms with Crippen molar-refractivity contribution in [1.29, 1.82) is 0 Å². The number of hydrogen-bond acceptors (Lipinski definition) is 9. The quantitative estimate of drug-likeness (QED) is 0.171. The van der Waals surface area contributed by atoms with Gasteiger partial charge in [-0.1, -0.05) is 65.2 Å². The molecule has 264 valence electrons. The lowest BCUT2D eigenvalue weighted by molar-refractivity contribution is -0.320. The molecule has 0 aromatic heterocycles. The third-order valence-corrected chi connectivity index (χ3v) is 14.3. The van der Waals surface area contributed by atoms with Gasteiger partial charge < -0.3 is 33.9 Å². The van der Waals surface area contributed by atoms with Crippen molar-refractivity contribution in [3.63, 3.8) is 0 Å². The molecule has 1 heterocycles. The first-order valence-corrected chi connectivity index (χ1v) is 18.7. The van der Waals surface area contributed by atoms with Gasteiger partial charge in [-0.15, -0.1) is 0 Å². The number of carbonyl (C=O) groups is 1. The van der Waals surface area contributed by atoms with Gasteiger partial charge >= 0.3 is 5.97 Å². The van der Waals surface area contributed by atoms with E-state index in [2.05, 4.69) is 18.7 Å². The highest BCUT2D eigenvalue weighted by molar-refractivity contribution is 5.69. The monoisotopic (exact) mass is 649 g/mol. The number of fused-ring (bicyclic) bond motifs is 2. The van der Waals surface area contributed by atoms with E-state index in [9.17, 15) is 15.0 Å². The van der Waals surface area contributed by atoms with Crippen LogP contribution in [-0.4, -0.2) is 111 Å². The van der Waals surface area contributed by atoms with Crippen LogP contribution < -0.4 is 0 Å². The molecular weight excluding hydrogens is 586 g/mol. The van der Waals surface area contributed by atoms with Crippen molar-refractivity contribution in [2.24, 2.45) is 34.5 Å². The zero-order valence-electron chi connectivity index (χ0n) is 29.5. The number of ether oxygens (including phenoxy) is 5. The number of nitrogens with zero attached hydrogens (tertiary/aromatic N) is 1. The third kappa shape index (κ3) is 4.75. The number of hydrogen-bond donors (Lipinski definition) is 2. The Hall–Kier alpha value is -0.810. The largest absolute Gasteiger partial charge is 0.465 e. The predicted molar refractivity (Wildman–Crippen MR) is 174 cm³/mol. The minimum absolute atomic E-state index is 0.0414. The van der Waals surface area contributed by atoms with Crippen LogP contribution in [0.5, 0.6) is 0 Å². The molecule has 1 unspecified atom stereocenters. The maximum Gasteiger partial charge on any atom is 0.305 e. The molecule has 46 heavy (non-hydrogen) atoms. The normalized spacial score (nSPS) is 46.9. The zero-order chi connectivity index (χ0) is 32.9. The Morgan fingerprint density at radius 1 is 0.891 bits per heavy atom. The first kappa shape index (κ1) is 35.0. The number of likely N-dealkylation sites (N-methyl/N-ethyl adjacent to an activating group) is 1. The van der Waals surface area contributed by atoms with Crippen LogP contribution in [0.25, 0.3) is 0 Å². The van der Waals surface area contributed by atoms with Gasteiger partial charge in [0.2, 0.25) is 0 Å². The molecule has 1 spiro atoms. The van der Waals surface area contributed by atoms with Crippen LogP contribution in [0.4, 0.5) is 0 Å². The molecule has 6 aliphatic rings. The van der Waals surface area contributed by atoms with Crippen LogP contribution in [0, 0.1) is 34.5 Å². The summed E-state index contributed by atoms with van der Waals surface area (Å²) < 4.78 is 31.3. The molecule has 7 bridgehead atoms. The minimum Gasteiger partial charge on any atom is -0.465 e. The summed E-state index contributed by atoms with van der Waals surface area (Å²) in [5.74, 6) is -0.365. The smallest absolute Gasteiger partial charge is 0.305 e. The zero-order valence-corrected chi connectivity index (χ0v) is 29.5. The standard InChI is InChI=1S/C37H63NO8/c1-7-9-10-11-12-13-14-15-16-17-28(39)46-23-34-19-18-27(43-4)36-25-20-24-26(42-3)21-35(40,29(25)30(24)44-5)37(41,32(45-6)31(34)36)33(36)38(8-2)22-34/h24-27,29-33,40-41H,7-23H2,1-6H3/t24-,25-,26+,27+,29-,30+,31-,32+,33?,34+,35-,36+,37-/m1/s1. The summed E-state index contributed by atoms with van der Waals surface area (Å²) >= 11 is 0. The summed E-state index contributed by atoms with van der Waals surface area (Å²) in [5, 5.41) is 26.4. The van der Waals surface area contributed by atoms with Gasteiger partial charge in [0.15, 0.2) is 0 Å². The Bertz CT molecular complexity index is 1080. The molecule has 6 fully saturated rings. The number of esters is 1. The topological polar surface area (TPSA) is 107 Å². The molecule has 0 aromatic rings. The van der Waals surface area contributed by atoms with E-state index in [0.717, 1.165) is 32.1 Å². The fourth-order valence-corrected chi connectivity index (χ4v) is 12.9. The van der Waals surface area contributed by atoms with E-state index in [0.29, 0.717) is 32.5 Å². The number of rotatable bonds is 17. The average Bonchev–Trinajstić information content (AvgIpc) is 3.48. The summed E-state index contributed by atoms with van der Waals surface area (Å²) in [4.78, 5) is 15.6. The molecule has 13 atom stereocenters. The number of methoxy groups -OCH3 is 4. The van der Waals surface area contributed by atoms with Crippen molar-refractivity contribution in [1.82, 2.24) is 4.90 Å². The van der Waals surface area contributed by atoms with Crippen LogP contribution in [0.15, 0.2) is 0 Å². The molecule has 5 aliphatic carbocycles. The molecular formula is C37H63NO8. The second-order valence-electron chi connectivity index (χ2n) is 15.9. The first-order chi connectivity index (χ1) is 22.2. The second kappa shape index (κ2) is 13.5. The Morgan fingerprint density at radius 2 is 1.59 bits per heavy atom. The number of unbranched alkanes of at least 4 members (excludes halogenated alkanes) is 8. The van der Waals surface area contributed by atoms with Gasteiger partial charge in [-0.2, -0.15) is 0 Å². The van der Waals surface area contributed by atoms with E-state index >= 15 is 0 Å². The van der Waals surface area contributed by atoms with Gasteiger partial charge in [-0.3, -0.25) is 9.69 Å². The molecule has 9 nitrogen and oxygen atoms in total. The highest BCUT2D eigenvalue weighted by Gasteiger charge is 2.91. The number of piperidine rings is 1. The third-order valence-electron chi connectivity index (χ3n) is 14.3. The Kier molecular flexibility index (Phi) is 10.3. The summed E-state index contributed by atoms with van der Waals surface area (Å²) in [6.45, 7) is 6.10. The molecule has 9 heteroatoms. The van der Waals surface area contributed by atoms with Crippen LogP contribution >= 0.6 is 0 Å². The van der Waals surface area contributed by atoms with E-state index in [1.165, 1.54) is 44.9 Å². The predicted octanol–water partition coefficient (Wildman–Crippen LogP) is 4.74. The lowest BCUT2D eigenvalue weighted by Crippen LogP contribution is -2.82. The van der Waals surface area contributed by atoms with E-state index < -0.39 is 28.1 Å². The molecule has 0 amide bonds. The van der Waals surface area contributed by atoms with E-state index in [1.807, 2.05) is 0 Å². The maximum absolute atomic E-state index is 13.4. The molecule has 0 aromatic carbocycles. The lowest BCUT2D eigenvalue weighted by Gasteiger charge is -2.70. The molecule has 6 rings (SSSR count). The van der Waals surface area contributed by atoms with Crippen molar-refractivity contribution in [2.45, 2.75) is 145 Å². The van der Waals surface area contributed by atoms with Crippen molar-refractivity contribution in [3.8, 4) is 0 Å². The van der Waals surface area contributed by atoms with Crippen LogP contribution in [0.2, 0.25) is 0 Å². The van der Waals surface area contributed by atoms with Crippen molar-refractivity contribution in [2.75, 3.05) is 48.1 Å². The maximum atomic E-state index is 13.4. The lowest BCUT2D eigenvalue weighted by atomic mass is 9.42. The number of carbonyl (C=O) groups excluding carboxylic acids is 1. The molecule has 1 aliphatic heterocycles. The first-order valence-electron chi connectivity index (χ1n) is 18.7. The van der Waals surface area contributed by atoms with Crippen molar-refractivity contribution < 1.29 is 38.7 Å². The van der Waals surface area contributed by atoms with Gasteiger partial charge in [0, 0.05) is 76.4 Å². The highest BCUT2D eigenvalue weighted by Crippen LogP contribution is 2.80. The van der Waals surface area contributed by atoms with Crippen molar-refractivity contribution in [3.05, 3.63) is 0 Å². The Balaban J connectivity index is 1.28. The fraction of sp³-hybridized carbons (Fsp3) is 0.973. The van der Waals surface area contributed by atoms with E-state index in [-0.39, 0.29) is 54.0 Å². The minimum atomic E-state index is -1.57. The summed E-state index contributed by atoms with van der Waals surface area (Å²) in [6, 6.07) is -0.353. The summed E-state index contributed by atoms with van der Waals surface area (Å²) in [5.41, 5.74) is -3.95. The van der Waals surface area contributed by atoms with E-state index in [1.54, 1.807) is 28.4 Å². The van der Waals surface area contributed by atoms with Gasteiger partial charge in [-0.25, -0.2) is 0 Å². The van der Waals surface area contributed by atoms with Crippen molar-refractivity contribution >= 4 is 5.97 Å². The summed E-state index contributed by atoms with van der Waals surface area (Å²) in [6.07, 6.45) is 12.9. The highest BCUT2D eigenvalue weighted by atomic mass is 16.5. The SMILES string of the molecule is CCCCCCCCCCCC(=O)OC[C@]12CC[C@H](OC)[C@]34C(N(CC)C1)[C@](O)([C@@H](OC)[C@H]23)[C@@]1(O)C[C@H](OC)[C@H]2C[C@@H]4[C@@H]1[C@H]2OC. The second-order valence-corrected chi connectivity index (χ2v) is 15.9. The van der Waals surface area contributed by atoms with Crippen LogP contribution in [0.1, 0.15) is 104 Å². The Morgan fingerprint density at radius 3 is 2.20 bits per heavy atom. The van der Waals surface area contributed by atoms with Gasteiger partial charge in [0.1, 0.15) is 11.2 Å². The fourth-order valence-electron chi connectivity index (χ4n) is 12.9. The molecule has 0 radical (unpaired) electrons.